The van der Waals surface area contributed by atoms with Crippen LogP contribution in [0.15, 0.2) is 23.5 Å². The molecule has 2 aromatic rings. The maximum atomic E-state index is 14.0. The molecule has 6 nitrogen and oxygen atoms in total. The topological polar surface area (TPSA) is 74.4 Å². The standard InChI is InChI=1S/C17H9Cl2F4N5O/c18-10-1-9(2-11(19)15(10)20)16(17(21,22)23)3-14(27-29-16)28-6-8-5-25-13(4-24)26-12(8)7-28/h1-2,5H,3,6-7H2. The van der Waals surface area contributed by atoms with Gasteiger partial charge in [-0.15, -0.1) is 0 Å². The van der Waals surface area contributed by atoms with Crippen LogP contribution in [0.3, 0.4) is 0 Å². The van der Waals surface area contributed by atoms with Crippen LogP contribution in [0.5, 0.6) is 0 Å². The van der Waals surface area contributed by atoms with Crippen molar-refractivity contribution in [2.45, 2.75) is 31.3 Å². The van der Waals surface area contributed by atoms with Crippen LogP contribution in [-0.2, 0) is 23.5 Å². The molecule has 2 aliphatic heterocycles. The van der Waals surface area contributed by atoms with E-state index in [0.717, 1.165) is 12.1 Å². The second-order valence-corrected chi connectivity index (χ2v) is 7.30. The molecular formula is C17H9Cl2F4N5O. The van der Waals surface area contributed by atoms with Gasteiger partial charge in [0.25, 0.3) is 5.60 Å². The normalized spacial score (nSPS) is 20.9. The van der Waals surface area contributed by atoms with Crippen LogP contribution in [0.4, 0.5) is 17.6 Å². The SMILES string of the molecule is N#Cc1ncc2c(n1)CN(C1=NOC(c3cc(Cl)c(F)c(Cl)c3)(C(F)(F)F)C1)C2. The molecule has 1 atom stereocenters. The first-order valence-electron chi connectivity index (χ1n) is 8.11. The van der Waals surface area contributed by atoms with Crippen LogP contribution >= 0.6 is 23.2 Å². The summed E-state index contributed by atoms with van der Waals surface area (Å²) in [6.07, 6.45) is -4.10. The Kier molecular flexibility index (Phi) is 4.55. The zero-order valence-corrected chi connectivity index (χ0v) is 15.8. The molecule has 0 amide bonds. The van der Waals surface area contributed by atoms with Crippen LogP contribution < -0.4 is 0 Å². The van der Waals surface area contributed by atoms with Crippen molar-refractivity contribution in [3.05, 3.63) is 56.8 Å². The molecule has 0 fully saturated rings. The summed E-state index contributed by atoms with van der Waals surface area (Å²) >= 11 is 11.4. The van der Waals surface area contributed by atoms with Gasteiger partial charge in [-0.25, -0.2) is 14.4 Å². The molecule has 0 saturated heterocycles. The number of aromatic nitrogens is 2. The summed E-state index contributed by atoms with van der Waals surface area (Å²) in [4.78, 5) is 14.4. The van der Waals surface area contributed by atoms with E-state index in [1.54, 1.807) is 4.90 Å². The number of nitriles is 1. The highest BCUT2D eigenvalue weighted by molar-refractivity contribution is 6.35. The van der Waals surface area contributed by atoms with Gasteiger partial charge in [-0.1, -0.05) is 28.4 Å². The average Bonchev–Trinajstić information content (AvgIpc) is 3.29. The van der Waals surface area contributed by atoms with E-state index in [2.05, 4.69) is 15.1 Å². The van der Waals surface area contributed by atoms with Gasteiger partial charge in [-0.3, -0.25) is 0 Å². The Morgan fingerprint density at radius 1 is 1.21 bits per heavy atom. The van der Waals surface area contributed by atoms with E-state index < -0.39 is 39.6 Å². The third-order valence-electron chi connectivity index (χ3n) is 4.74. The number of fused-ring (bicyclic) bond motifs is 1. The molecule has 150 valence electrons. The lowest BCUT2D eigenvalue weighted by atomic mass is 9.89. The first-order valence-corrected chi connectivity index (χ1v) is 8.87. The average molecular weight is 446 g/mol. The quantitative estimate of drug-likeness (QED) is 0.483. The summed E-state index contributed by atoms with van der Waals surface area (Å²) in [6, 6.07) is 3.47. The van der Waals surface area contributed by atoms with Gasteiger partial charge in [-0.2, -0.15) is 18.4 Å². The van der Waals surface area contributed by atoms with E-state index in [0.29, 0.717) is 11.3 Å². The predicted molar refractivity (Wildman–Crippen MR) is 93.3 cm³/mol. The monoisotopic (exact) mass is 445 g/mol. The van der Waals surface area contributed by atoms with Crippen molar-refractivity contribution in [3.63, 3.8) is 0 Å². The third-order valence-corrected chi connectivity index (χ3v) is 5.29. The number of halogens is 6. The highest BCUT2D eigenvalue weighted by Crippen LogP contribution is 2.50. The van der Waals surface area contributed by atoms with Gasteiger partial charge >= 0.3 is 6.18 Å². The minimum absolute atomic E-state index is 0.0235. The summed E-state index contributed by atoms with van der Waals surface area (Å²) < 4.78 is 55.8. The van der Waals surface area contributed by atoms with Crippen molar-refractivity contribution >= 4 is 29.0 Å². The van der Waals surface area contributed by atoms with E-state index in [1.165, 1.54) is 6.20 Å². The number of amidine groups is 1. The second kappa shape index (κ2) is 6.71. The highest BCUT2D eigenvalue weighted by Gasteiger charge is 2.63. The molecule has 0 spiro atoms. The van der Waals surface area contributed by atoms with Crippen LogP contribution in [0.25, 0.3) is 0 Å². The van der Waals surface area contributed by atoms with Gasteiger partial charge in [0.1, 0.15) is 11.9 Å². The van der Waals surface area contributed by atoms with Crippen LogP contribution in [-0.4, -0.2) is 26.9 Å². The van der Waals surface area contributed by atoms with Gasteiger partial charge in [0.05, 0.1) is 28.7 Å². The molecule has 2 aliphatic rings. The van der Waals surface area contributed by atoms with E-state index >= 15 is 0 Å². The first kappa shape index (κ1) is 19.7. The van der Waals surface area contributed by atoms with E-state index in [9.17, 15) is 17.6 Å². The Hall–Kier alpha value is -2.64. The summed E-state index contributed by atoms with van der Waals surface area (Å²) in [5, 5.41) is 11.4. The molecule has 1 aromatic carbocycles. The largest absolute Gasteiger partial charge is 0.435 e. The van der Waals surface area contributed by atoms with E-state index in [1.807, 2.05) is 6.07 Å². The second-order valence-electron chi connectivity index (χ2n) is 6.49. The summed E-state index contributed by atoms with van der Waals surface area (Å²) in [5.74, 6) is -1.03. The number of hydrogen-bond donors (Lipinski definition) is 0. The Labute approximate surface area is 171 Å². The van der Waals surface area contributed by atoms with Crippen LogP contribution in [0.2, 0.25) is 10.0 Å². The molecule has 0 bridgehead atoms. The van der Waals surface area contributed by atoms with Gasteiger partial charge in [0.15, 0.2) is 5.82 Å². The number of hydrogen-bond acceptors (Lipinski definition) is 6. The van der Waals surface area contributed by atoms with Gasteiger partial charge in [-0.05, 0) is 12.1 Å². The van der Waals surface area contributed by atoms with Crippen molar-refractivity contribution in [1.29, 1.82) is 5.26 Å². The summed E-state index contributed by atoms with van der Waals surface area (Å²) in [6.45, 7) is 0.357. The van der Waals surface area contributed by atoms with Gasteiger partial charge in [0, 0.05) is 23.9 Å². The van der Waals surface area contributed by atoms with Crippen molar-refractivity contribution < 1.29 is 22.4 Å². The Balaban J connectivity index is 1.65. The fourth-order valence-corrected chi connectivity index (χ4v) is 3.72. The van der Waals surface area contributed by atoms with Gasteiger partial charge in [0.2, 0.25) is 5.82 Å². The number of rotatable bonds is 1. The summed E-state index contributed by atoms with van der Waals surface area (Å²) in [7, 11) is 0. The molecular weight excluding hydrogens is 437 g/mol. The molecule has 1 aromatic heterocycles. The number of oxime groups is 1. The molecule has 0 radical (unpaired) electrons. The Bertz CT molecular complexity index is 1060. The minimum atomic E-state index is -4.89. The lowest BCUT2D eigenvalue weighted by Gasteiger charge is -2.30. The third kappa shape index (κ3) is 3.14. The molecule has 12 heteroatoms. The van der Waals surface area contributed by atoms with Crippen molar-refractivity contribution in [2.75, 3.05) is 0 Å². The molecule has 3 heterocycles. The fourth-order valence-electron chi connectivity index (χ4n) is 3.24. The summed E-state index contributed by atoms with van der Waals surface area (Å²) in [5.41, 5.74) is -2.12. The Morgan fingerprint density at radius 3 is 2.52 bits per heavy atom. The smallest absolute Gasteiger partial charge is 0.372 e. The highest BCUT2D eigenvalue weighted by atomic mass is 35.5. The first-order chi connectivity index (χ1) is 13.6. The minimum Gasteiger partial charge on any atom is -0.372 e. The molecule has 0 saturated carbocycles. The van der Waals surface area contributed by atoms with Crippen LogP contribution in [0.1, 0.15) is 29.1 Å². The van der Waals surface area contributed by atoms with E-state index in [-0.39, 0.29) is 24.7 Å². The lowest BCUT2D eigenvalue weighted by molar-refractivity contribution is -0.275. The fraction of sp³-hybridized carbons (Fsp3) is 0.294. The molecule has 0 N–H and O–H groups in total. The number of alkyl halides is 3. The van der Waals surface area contributed by atoms with Gasteiger partial charge < -0.3 is 9.74 Å². The molecule has 4 rings (SSSR count). The molecule has 29 heavy (non-hydrogen) atoms. The zero-order chi connectivity index (χ0) is 21.0. The molecule has 0 aliphatic carbocycles. The van der Waals surface area contributed by atoms with E-state index in [4.69, 9.17) is 33.3 Å². The van der Waals surface area contributed by atoms with Crippen molar-refractivity contribution in [1.82, 2.24) is 14.9 Å². The number of benzene rings is 1. The lowest BCUT2D eigenvalue weighted by Crippen LogP contribution is -2.44. The van der Waals surface area contributed by atoms with Crippen molar-refractivity contribution in [3.8, 4) is 6.07 Å². The Morgan fingerprint density at radius 2 is 1.90 bits per heavy atom. The number of nitrogens with zero attached hydrogens (tertiary/aromatic N) is 5. The maximum Gasteiger partial charge on any atom is 0.435 e. The maximum absolute atomic E-state index is 14.0. The van der Waals surface area contributed by atoms with Crippen LogP contribution in [0, 0.1) is 17.1 Å². The van der Waals surface area contributed by atoms with Crippen molar-refractivity contribution in [2.24, 2.45) is 5.16 Å². The predicted octanol–water partition coefficient (Wildman–Crippen LogP) is 4.30. The molecule has 1 unspecified atom stereocenters. The zero-order valence-electron chi connectivity index (χ0n) is 14.3.